The fourth-order valence-electron chi connectivity index (χ4n) is 5.30. The number of methoxy groups -OCH3 is 2. The van der Waals surface area contributed by atoms with Gasteiger partial charge in [-0.2, -0.15) is 5.26 Å². The molecular weight excluding hydrogens is 502 g/mol. The lowest BCUT2D eigenvalue weighted by Gasteiger charge is -2.36. The summed E-state index contributed by atoms with van der Waals surface area (Å²) in [6.45, 7) is 1.22. The Hall–Kier alpha value is -4.08. The molecule has 4 heterocycles. The average Bonchev–Trinajstić information content (AvgIpc) is 3.29. The largest absolute Gasteiger partial charge is 0.379 e. The number of aromatic nitrogens is 2. The van der Waals surface area contributed by atoms with Crippen LogP contribution in [0.5, 0.6) is 0 Å². The number of nitrogens with zero attached hydrogens (tertiary/aromatic N) is 5. The summed E-state index contributed by atoms with van der Waals surface area (Å²) in [6.07, 6.45) is 5.56. The number of carbonyl (C=O) groups is 3. The standard InChI is InChI=1S/C27H31N7O5/c1-38-22-6-5-19(22)30-20-11-24(29-13-18(20)12-28)32-27(37)34-8-3-4-16-10-17(21(15-35)31-25(16)34)14-33-9-7-23(39-2)26(33)36/h10-11,13,15,19,22-23H,3-9,14H2,1-2H3,(H2,29,30,32,37)/t19-,22-,23-/m0/s1. The number of hydrogen-bond acceptors (Lipinski definition) is 9. The molecule has 2 aromatic heterocycles. The van der Waals surface area contributed by atoms with Gasteiger partial charge in [0.05, 0.1) is 23.4 Å². The van der Waals surface area contributed by atoms with Crippen LogP contribution in [0.3, 0.4) is 0 Å². The molecule has 0 bridgehead atoms. The summed E-state index contributed by atoms with van der Waals surface area (Å²) in [5, 5.41) is 15.6. The van der Waals surface area contributed by atoms with Crippen LogP contribution in [0.2, 0.25) is 0 Å². The van der Waals surface area contributed by atoms with Crippen molar-refractivity contribution >= 4 is 35.5 Å². The Morgan fingerprint density at radius 3 is 2.74 bits per heavy atom. The quantitative estimate of drug-likeness (QED) is 0.488. The Bertz CT molecular complexity index is 1320. The Balaban J connectivity index is 1.34. The van der Waals surface area contributed by atoms with Crippen LogP contribution in [0.15, 0.2) is 18.3 Å². The molecule has 39 heavy (non-hydrogen) atoms. The number of pyridine rings is 2. The van der Waals surface area contributed by atoms with E-state index in [1.54, 1.807) is 18.1 Å². The normalized spacial score (nSPS) is 22.1. The lowest BCUT2D eigenvalue weighted by molar-refractivity contribution is -0.136. The molecule has 2 fully saturated rings. The van der Waals surface area contributed by atoms with Crippen LogP contribution < -0.4 is 15.5 Å². The van der Waals surface area contributed by atoms with Gasteiger partial charge in [0.1, 0.15) is 29.5 Å². The molecular formula is C27H31N7O5. The van der Waals surface area contributed by atoms with Crippen molar-refractivity contribution in [3.8, 4) is 6.07 Å². The molecule has 3 amide bonds. The van der Waals surface area contributed by atoms with Gasteiger partial charge in [0.15, 0.2) is 6.29 Å². The number of nitriles is 1. The number of anilines is 3. The lowest BCUT2D eigenvalue weighted by atomic mass is 9.88. The van der Waals surface area contributed by atoms with Crippen molar-refractivity contribution in [3.63, 3.8) is 0 Å². The van der Waals surface area contributed by atoms with E-state index in [0.29, 0.717) is 61.3 Å². The smallest absolute Gasteiger partial charge is 0.328 e. The highest BCUT2D eigenvalue weighted by Gasteiger charge is 2.33. The van der Waals surface area contributed by atoms with Gasteiger partial charge in [0.2, 0.25) is 0 Å². The molecule has 5 rings (SSSR count). The molecule has 3 aliphatic rings. The number of fused-ring (bicyclic) bond motifs is 1. The van der Waals surface area contributed by atoms with Crippen molar-refractivity contribution in [1.82, 2.24) is 14.9 Å². The van der Waals surface area contributed by atoms with Gasteiger partial charge in [-0.3, -0.25) is 19.8 Å². The number of carbonyl (C=O) groups excluding carboxylic acids is 3. The van der Waals surface area contributed by atoms with E-state index in [1.165, 1.54) is 18.2 Å². The van der Waals surface area contributed by atoms with E-state index in [2.05, 4.69) is 26.7 Å². The van der Waals surface area contributed by atoms with E-state index < -0.39 is 12.1 Å². The van der Waals surface area contributed by atoms with Gasteiger partial charge in [-0.1, -0.05) is 0 Å². The fourth-order valence-corrected chi connectivity index (χ4v) is 5.30. The number of ether oxygens (including phenoxy) is 2. The number of aryl methyl sites for hydroxylation is 1. The second-order valence-electron chi connectivity index (χ2n) is 9.92. The molecule has 0 aromatic carbocycles. The number of amides is 3. The maximum absolute atomic E-state index is 13.3. The number of hydrogen-bond donors (Lipinski definition) is 2. The second kappa shape index (κ2) is 11.3. The van der Waals surface area contributed by atoms with Gasteiger partial charge in [-0.15, -0.1) is 0 Å². The summed E-state index contributed by atoms with van der Waals surface area (Å²) in [5.74, 6) is 0.595. The summed E-state index contributed by atoms with van der Waals surface area (Å²) in [5.41, 5.74) is 2.62. The van der Waals surface area contributed by atoms with Gasteiger partial charge >= 0.3 is 6.03 Å². The molecule has 1 saturated carbocycles. The molecule has 12 heteroatoms. The molecule has 3 atom stereocenters. The highest BCUT2D eigenvalue weighted by atomic mass is 16.5. The van der Waals surface area contributed by atoms with Gasteiger partial charge in [0, 0.05) is 58.1 Å². The predicted molar refractivity (Wildman–Crippen MR) is 142 cm³/mol. The second-order valence-corrected chi connectivity index (χ2v) is 9.92. The molecule has 0 radical (unpaired) electrons. The molecule has 1 saturated heterocycles. The summed E-state index contributed by atoms with van der Waals surface area (Å²) in [7, 11) is 3.17. The topological polar surface area (TPSA) is 150 Å². The van der Waals surface area contributed by atoms with E-state index >= 15 is 0 Å². The van der Waals surface area contributed by atoms with Gasteiger partial charge in [-0.25, -0.2) is 14.8 Å². The summed E-state index contributed by atoms with van der Waals surface area (Å²) in [4.78, 5) is 49.7. The Morgan fingerprint density at radius 1 is 1.23 bits per heavy atom. The van der Waals surface area contributed by atoms with Crippen LogP contribution in [0.25, 0.3) is 0 Å². The molecule has 0 unspecified atom stereocenters. The predicted octanol–water partition coefficient (Wildman–Crippen LogP) is 2.48. The summed E-state index contributed by atoms with van der Waals surface area (Å²) in [6, 6.07) is 5.28. The molecule has 204 valence electrons. The number of aldehydes is 1. The zero-order valence-electron chi connectivity index (χ0n) is 22.0. The van der Waals surface area contributed by atoms with Crippen LogP contribution in [0, 0.1) is 11.3 Å². The highest BCUT2D eigenvalue weighted by molar-refractivity contribution is 6.02. The SMILES string of the molecule is CO[C@H]1CCN(Cc2cc3c(nc2C=O)N(C(=O)Nc2cc(N[C@H]4CC[C@@H]4OC)c(C#N)cn2)CCC3)C1=O. The van der Waals surface area contributed by atoms with Crippen LogP contribution in [-0.4, -0.2) is 78.7 Å². The molecule has 2 N–H and O–H groups in total. The third kappa shape index (κ3) is 5.28. The van der Waals surface area contributed by atoms with E-state index in [4.69, 9.17) is 9.47 Å². The number of rotatable bonds is 8. The number of urea groups is 1. The average molecular weight is 534 g/mol. The zero-order valence-corrected chi connectivity index (χ0v) is 22.0. The molecule has 0 spiro atoms. The van der Waals surface area contributed by atoms with Crippen molar-refractivity contribution in [2.75, 3.05) is 42.8 Å². The summed E-state index contributed by atoms with van der Waals surface area (Å²) < 4.78 is 10.7. The van der Waals surface area contributed by atoms with Crippen molar-refractivity contribution < 1.29 is 23.9 Å². The first kappa shape index (κ1) is 26.5. The Labute approximate surface area is 226 Å². The maximum Gasteiger partial charge on any atom is 0.328 e. The van der Waals surface area contributed by atoms with Crippen molar-refractivity contribution in [2.45, 2.75) is 56.9 Å². The molecule has 12 nitrogen and oxygen atoms in total. The minimum atomic E-state index is -0.462. The summed E-state index contributed by atoms with van der Waals surface area (Å²) >= 11 is 0. The first-order valence-corrected chi connectivity index (χ1v) is 13.0. The minimum Gasteiger partial charge on any atom is -0.379 e. The number of nitrogens with one attached hydrogen (secondary N) is 2. The zero-order chi connectivity index (χ0) is 27.5. The van der Waals surface area contributed by atoms with Gasteiger partial charge < -0.3 is 19.7 Å². The Kier molecular flexibility index (Phi) is 7.72. The monoisotopic (exact) mass is 533 g/mol. The number of likely N-dealkylation sites (tertiary alicyclic amines) is 1. The van der Waals surface area contributed by atoms with Crippen molar-refractivity contribution in [2.24, 2.45) is 0 Å². The van der Waals surface area contributed by atoms with E-state index in [0.717, 1.165) is 18.4 Å². The van der Waals surface area contributed by atoms with Crippen LogP contribution >= 0.6 is 0 Å². The van der Waals surface area contributed by atoms with Crippen LogP contribution in [-0.2, 0) is 27.2 Å². The van der Waals surface area contributed by atoms with E-state index in [-0.39, 0.29) is 36.1 Å². The Morgan fingerprint density at radius 2 is 2.08 bits per heavy atom. The van der Waals surface area contributed by atoms with E-state index in [9.17, 15) is 19.6 Å². The first-order chi connectivity index (χ1) is 18.9. The molecule has 2 aliphatic heterocycles. The third-order valence-electron chi connectivity index (χ3n) is 7.64. The fraction of sp³-hybridized carbons (Fsp3) is 0.481. The molecule has 2 aromatic rings. The van der Waals surface area contributed by atoms with Crippen molar-refractivity contribution in [3.05, 3.63) is 40.7 Å². The van der Waals surface area contributed by atoms with Crippen LogP contribution in [0.1, 0.15) is 52.9 Å². The highest BCUT2D eigenvalue weighted by Crippen LogP contribution is 2.31. The van der Waals surface area contributed by atoms with Crippen molar-refractivity contribution in [1.29, 1.82) is 5.26 Å². The maximum atomic E-state index is 13.3. The first-order valence-electron chi connectivity index (χ1n) is 13.0. The van der Waals surface area contributed by atoms with Gasteiger partial charge in [0.25, 0.3) is 5.91 Å². The third-order valence-corrected chi connectivity index (χ3v) is 7.64. The van der Waals surface area contributed by atoms with E-state index in [1.807, 2.05) is 6.07 Å². The molecule has 1 aliphatic carbocycles. The minimum absolute atomic E-state index is 0.0700. The van der Waals surface area contributed by atoms with Gasteiger partial charge in [-0.05, 0) is 37.3 Å². The van der Waals surface area contributed by atoms with Crippen LogP contribution in [0.4, 0.5) is 22.1 Å². The lowest BCUT2D eigenvalue weighted by Crippen LogP contribution is -2.44.